The van der Waals surface area contributed by atoms with Crippen molar-refractivity contribution in [1.82, 2.24) is 5.32 Å². The third kappa shape index (κ3) is 2.55. The lowest BCUT2D eigenvalue weighted by atomic mass is 9.89. The summed E-state index contributed by atoms with van der Waals surface area (Å²) in [6.07, 6.45) is 0. The lowest BCUT2D eigenvalue weighted by Gasteiger charge is -2.21. The van der Waals surface area contributed by atoms with Gasteiger partial charge in [0.1, 0.15) is 11.4 Å². The van der Waals surface area contributed by atoms with Gasteiger partial charge in [0.15, 0.2) is 0 Å². The zero-order chi connectivity index (χ0) is 15.8. The normalized spacial score (nSPS) is 21.2. The van der Waals surface area contributed by atoms with E-state index in [0.717, 1.165) is 5.56 Å². The first-order valence-corrected chi connectivity index (χ1v) is 6.90. The Bertz CT molecular complexity index is 634. The van der Waals surface area contributed by atoms with Gasteiger partial charge in [0.25, 0.3) is 5.91 Å². The molecular weight excluding hydrogens is 268 g/mol. The van der Waals surface area contributed by atoms with Crippen molar-refractivity contribution in [3.63, 3.8) is 0 Å². The summed E-state index contributed by atoms with van der Waals surface area (Å²) in [7, 11) is 1.33. The molecule has 1 N–H and O–H groups in total. The van der Waals surface area contributed by atoms with Gasteiger partial charge in [0.2, 0.25) is 0 Å². The summed E-state index contributed by atoms with van der Waals surface area (Å²) in [4.78, 5) is 28.6. The Morgan fingerprint density at radius 1 is 1.38 bits per heavy atom. The number of benzene rings is 1. The average Bonchev–Trinajstić information content (AvgIpc) is 2.75. The molecule has 1 aliphatic rings. The molecule has 1 aromatic carbocycles. The first kappa shape index (κ1) is 15.2. The molecule has 2 rings (SSSR count). The number of methoxy groups -OCH3 is 1. The lowest BCUT2D eigenvalue weighted by Crippen LogP contribution is -2.41. The first-order chi connectivity index (χ1) is 9.79. The number of hydrogen-bond donors (Lipinski definition) is 1. The highest BCUT2D eigenvalue weighted by atomic mass is 16.5. The molecule has 5 heteroatoms. The van der Waals surface area contributed by atoms with Crippen LogP contribution in [0.5, 0.6) is 0 Å². The summed E-state index contributed by atoms with van der Waals surface area (Å²) in [6.45, 7) is 7.62. The van der Waals surface area contributed by atoms with E-state index in [1.54, 1.807) is 13.0 Å². The van der Waals surface area contributed by atoms with Crippen molar-refractivity contribution in [3.05, 3.63) is 34.9 Å². The van der Waals surface area contributed by atoms with Gasteiger partial charge in [-0.25, -0.2) is 4.79 Å². The minimum Gasteiger partial charge on any atom is -0.465 e. The first-order valence-electron chi connectivity index (χ1n) is 6.90. The number of nitrogens with one attached hydrogen (secondary N) is 1. The second-order valence-corrected chi connectivity index (χ2v) is 5.76. The topological polar surface area (TPSA) is 67.8 Å². The van der Waals surface area contributed by atoms with Crippen LogP contribution in [0, 0.1) is 12.8 Å². The van der Waals surface area contributed by atoms with E-state index >= 15 is 0 Å². The number of hydrogen-bond acceptors (Lipinski definition) is 4. The van der Waals surface area contributed by atoms with E-state index in [9.17, 15) is 9.59 Å². The smallest absolute Gasteiger partial charge is 0.338 e. The quantitative estimate of drug-likeness (QED) is 0.866. The van der Waals surface area contributed by atoms with Crippen LogP contribution < -0.4 is 5.32 Å². The number of rotatable bonds is 3. The molecular formula is C16H20N2O3. The number of amides is 1. The highest BCUT2D eigenvalue weighted by molar-refractivity contribution is 6.18. The number of ether oxygens (including phenoxy) is 1. The van der Waals surface area contributed by atoms with Gasteiger partial charge < -0.3 is 10.1 Å². The van der Waals surface area contributed by atoms with Gasteiger partial charge in [-0.3, -0.25) is 9.79 Å². The van der Waals surface area contributed by atoms with Crippen molar-refractivity contribution in [2.24, 2.45) is 10.9 Å². The molecule has 1 atom stereocenters. The van der Waals surface area contributed by atoms with E-state index in [1.165, 1.54) is 7.11 Å². The van der Waals surface area contributed by atoms with Crippen molar-refractivity contribution in [2.75, 3.05) is 7.11 Å². The third-order valence-electron chi connectivity index (χ3n) is 4.00. The summed E-state index contributed by atoms with van der Waals surface area (Å²) in [5, 5.41) is 2.79. The number of amidine groups is 1. The second-order valence-electron chi connectivity index (χ2n) is 5.76. The minimum absolute atomic E-state index is 0.0568. The maximum atomic E-state index is 12.2. The Morgan fingerprint density at radius 2 is 2.05 bits per heavy atom. The molecule has 0 aromatic heterocycles. The molecule has 0 radical (unpaired) electrons. The highest BCUT2D eigenvalue weighted by Crippen LogP contribution is 2.28. The standard InChI is InChI=1S/C16H20N2O3/c1-9(2)16(4)15(20)17-13(18-16)12-8-10(3)6-7-11(12)14(19)21-5/h6-9H,1-5H3,(H,17,18,20). The Balaban J connectivity index is 2.55. The molecule has 1 aromatic rings. The maximum absolute atomic E-state index is 12.2. The van der Waals surface area contributed by atoms with Crippen LogP contribution in [0.25, 0.3) is 0 Å². The lowest BCUT2D eigenvalue weighted by molar-refractivity contribution is -0.124. The van der Waals surface area contributed by atoms with Crippen LogP contribution in [0.1, 0.15) is 42.3 Å². The number of nitrogens with zero attached hydrogens (tertiary/aromatic N) is 1. The molecule has 0 aliphatic carbocycles. The third-order valence-corrected chi connectivity index (χ3v) is 4.00. The van der Waals surface area contributed by atoms with Gasteiger partial charge in [-0.1, -0.05) is 25.5 Å². The SMILES string of the molecule is COC(=O)c1ccc(C)cc1C1=NC(C)(C(C)C)C(=O)N1. The molecule has 1 unspecified atom stereocenters. The van der Waals surface area contributed by atoms with Crippen molar-refractivity contribution in [2.45, 2.75) is 33.2 Å². The molecule has 112 valence electrons. The molecule has 0 saturated carbocycles. The molecule has 0 bridgehead atoms. The van der Waals surface area contributed by atoms with Crippen LogP contribution in [0.3, 0.4) is 0 Å². The van der Waals surface area contributed by atoms with Crippen LogP contribution in [0.4, 0.5) is 0 Å². The van der Waals surface area contributed by atoms with Gasteiger partial charge in [0.05, 0.1) is 12.7 Å². The molecule has 1 aliphatic heterocycles. The number of carbonyl (C=O) groups is 2. The van der Waals surface area contributed by atoms with E-state index in [2.05, 4.69) is 10.3 Å². The molecule has 0 fully saturated rings. The van der Waals surface area contributed by atoms with Crippen LogP contribution in [-0.2, 0) is 9.53 Å². The fourth-order valence-electron chi connectivity index (χ4n) is 2.21. The summed E-state index contributed by atoms with van der Waals surface area (Å²) >= 11 is 0. The van der Waals surface area contributed by atoms with E-state index in [1.807, 2.05) is 32.9 Å². The molecule has 21 heavy (non-hydrogen) atoms. The van der Waals surface area contributed by atoms with Gasteiger partial charge in [-0.15, -0.1) is 0 Å². The number of carbonyl (C=O) groups excluding carboxylic acids is 2. The van der Waals surface area contributed by atoms with Crippen molar-refractivity contribution >= 4 is 17.7 Å². The summed E-state index contributed by atoms with van der Waals surface area (Å²) in [5.74, 6) is -0.105. The summed E-state index contributed by atoms with van der Waals surface area (Å²) < 4.78 is 4.80. The Labute approximate surface area is 124 Å². The van der Waals surface area contributed by atoms with Gasteiger partial charge in [-0.05, 0) is 31.9 Å². The number of esters is 1. The van der Waals surface area contributed by atoms with Crippen molar-refractivity contribution in [1.29, 1.82) is 0 Å². The van der Waals surface area contributed by atoms with Crippen molar-refractivity contribution < 1.29 is 14.3 Å². The van der Waals surface area contributed by atoms with Crippen molar-refractivity contribution in [3.8, 4) is 0 Å². The van der Waals surface area contributed by atoms with Crippen LogP contribution in [0.2, 0.25) is 0 Å². The largest absolute Gasteiger partial charge is 0.465 e. The van der Waals surface area contributed by atoms with Crippen LogP contribution in [-0.4, -0.2) is 30.4 Å². The Hall–Kier alpha value is -2.17. The summed E-state index contributed by atoms with van der Waals surface area (Å²) in [5.41, 5.74) is 1.16. The Kier molecular flexibility index (Phi) is 3.85. The zero-order valence-corrected chi connectivity index (χ0v) is 13.0. The predicted molar refractivity (Wildman–Crippen MR) is 80.4 cm³/mol. The molecule has 5 nitrogen and oxygen atoms in total. The number of aryl methyl sites for hydroxylation is 1. The highest BCUT2D eigenvalue weighted by Gasteiger charge is 2.42. The molecule has 0 saturated heterocycles. The van der Waals surface area contributed by atoms with Gasteiger partial charge >= 0.3 is 5.97 Å². The summed E-state index contributed by atoms with van der Waals surface area (Å²) in [6, 6.07) is 5.35. The van der Waals surface area contributed by atoms with E-state index in [0.29, 0.717) is 17.0 Å². The Morgan fingerprint density at radius 3 is 2.57 bits per heavy atom. The van der Waals surface area contributed by atoms with Gasteiger partial charge in [0, 0.05) is 5.56 Å². The second kappa shape index (κ2) is 5.31. The maximum Gasteiger partial charge on any atom is 0.338 e. The van der Waals surface area contributed by atoms with E-state index in [4.69, 9.17) is 4.74 Å². The monoisotopic (exact) mass is 288 g/mol. The van der Waals surface area contributed by atoms with Crippen LogP contribution >= 0.6 is 0 Å². The molecule has 1 heterocycles. The molecule has 1 amide bonds. The zero-order valence-electron chi connectivity index (χ0n) is 13.0. The predicted octanol–water partition coefficient (Wildman–Crippen LogP) is 2.07. The van der Waals surface area contributed by atoms with Crippen LogP contribution in [0.15, 0.2) is 23.2 Å². The van der Waals surface area contributed by atoms with Gasteiger partial charge in [-0.2, -0.15) is 0 Å². The average molecular weight is 288 g/mol. The molecule has 0 spiro atoms. The van der Waals surface area contributed by atoms with E-state index in [-0.39, 0.29) is 11.8 Å². The fraction of sp³-hybridized carbons (Fsp3) is 0.438. The fourth-order valence-corrected chi connectivity index (χ4v) is 2.21. The number of aliphatic imine (C=N–C) groups is 1. The minimum atomic E-state index is -0.813. The van der Waals surface area contributed by atoms with E-state index < -0.39 is 11.5 Å².